The molecule has 0 aliphatic rings. The number of carbonyl (C=O) groups excluding carboxylic acids is 1. The fourth-order valence-electron chi connectivity index (χ4n) is 1.70. The van der Waals surface area contributed by atoms with Gasteiger partial charge in [0.05, 0.1) is 12.8 Å². The van der Waals surface area contributed by atoms with Gasteiger partial charge in [0.2, 0.25) is 5.91 Å². The van der Waals surface area contributed by atoms with Gasteiger partial charge in [-0.1, -0.05) is 17.3 Å². The van der Waals surface area contributed by atoms with E-state index in [9.17, 15) is 4.79 Å². The highest BCUT2D eigenvalue weighted by atomic mass is 16.3. The molecule has 2 rings (SSSR count). The van der Waals surface area contributed by atoms with Crippen molar-refractivity contribution in [3.05, 3.63) is 41.2 Å². The first-order valence-corrected chi connectivity index (χ1v) is 5.95. The molecule has 0 aliphatic carbocycles. The Bertz CT molecular complexity index is 592. The maximum atomic E-state index is 11.9. The second kappa shape index (κ2) is 5.62. The van der Waals surface area contributed by atoms with Crippen LogP contribution in [0.2, 0.25) is 0 Å². The molecular weight excluding hydrogens is 244 g/mol. The van der Waals surface area contributed by atoms with Gasteiger partial charge in [0.15, 0.2) is 0 Å². The maximum Gasteiger partial charge on any atom is 0.246 e. The zero-order chi connectivity index (χ0) is 13.8. The van der Waals surface area contributed by atoms with Gasteiger partial charge in [-0.15, -0.1) is 5.10 Å². The smallest absolute Gasteiger partial charge is 0.246 e. The molecule has 0 bridgehead atoms. The first-order chi connectivity index (χ1) is 9.08. The molecule has 0 atom stereocenters. The summed E-state index contributed by atoms with van der Waals surface area (Å²) < 4.78 is 1.39. The van der Waals surface area contributed by atoms with Crippen LogP contribution in [0.3, 0.4) is 0 Å². The summed E-state index contributed by atoms with van der Waals surface area (Å²) >= 11 is 0. The summed E-state index contributed by atoms with van der Waals surface area (Å²) in [6.45, 7) is 3.80. The van der Waals surface area contributed by atoms with E-state index in [4.69, 9.17) is 5.11 Å². The molecule has 0 unspecified atom stereocenters. The Labute approximate surface area is 111 Å². The molecule has 100 valence electrons. The number of benzene rings is 1. The number of aryl methyl sites for hydroxylation is 2. The van der Waals surface area contributed by atoms with Gasteiger partial charge in [0, 0.05) is 5.69 Å². The predicted octanol–water partition coefficient (Wildman–Crippen LogP) is 1.03. The molecule has 2 aromatic rings. The molecule has 0 saturated heterocycles. The highest BCUT2D eigenvalue weighted by Gasteiger charge is 2.07. The minimum Gasteiger partial charge on any atom is -0.390 e. The van der Waals surface area contributed by atoms with Crippen molar-refractivity contribution in [3.63, 3.8) is 0 Å². The first kappa shape index (κ1) is 13.2. The number of aliphatic hydroxyl groups excluding tert-OH is 1. The second-order valence-electron chi connectivity index (χ2n) is 4.43. The lowest BCUT2D eigenvalue weighted by Crippen LogP contribution is -2.19. The molecule has 1 heterocycles. The van der Waals surface area contributed by atoms with E-state index in [1.165, 1.54) is 4.68 Å². The average Bonchev–Trinajstić information content (AvgIpc) is 2.81. The summed E-state index contributed by atoms with van der Waals surface area (Å²) in [5.41, 5.74) is 3.34. The van der Waals surface area contributed by atoms with Crippen LogP contribution < -0.4 is 5.32 Å². The maximum absolute atomic E-state index is 11.9. The van der Waals surface area contributed by atoms with Gasteiger partial charge in [0.1, 0.15) is 12.2 Å². The van der Waals surface area contributed by atoms with E-state index in [0.29, 0.717) is 5.69 Å². The SMILES string of the molecule is Cc1ccc(C)c(NC(=O)Cn2cc(CO)nn2)c1. The van der Waals surface area contributed by atoms with Crippen molar-refractivity contribution in [1.29, 1.82) is 0 Å². The molecule has 1 aromatic carbocycles. The van der Waals surface area contributed by atoms with Crippen LogP contribution in [0.1, 0.15) is 16.8 Å². The van der Waals surface area contributed by atoms with Crippen LogP contribution >= 0.6 is 0 Å². The van der Waals surface area contributed by atoms with Crippen molar-refractivity contribution in [2.24, 2.45) is 0 Å². The molecule has 6 nitrogen and oxygen atoms in total. The van der Waals surface area contributed by atoms with Gasteiger partial charge in [-0.3, -0.25) is 4.79 Å². The first-order valence-electron chi connectivity index (χ1n) is 5.95. The molecule has 2 N–H and O–H groups in total. The van der Waals surface area contributed by atoms with E-state index in [1.807, 2.05) is 32.0 Å². The van der Waals surface area contributed by atoms with Crippen LogP contribution in [-0.2, 0) is 17.9 Å². The molecule has 0 fully saturated rings. The summed E-state index contributed by atoms with van der Waals surface area (Å²) in [6.07, 6.45) is 1.54. The topological polar surface area (TPSA) is 80.0 Å². The number of anilines is 1. The van der Waals surface area contributed by atoms with Crippen LogP contribution in [0, 0.1) is 13.8 Å². The highest BCUT2D eigenvalue weighted by Crippen LogP contribution is 2.16. The molecule has 0 radical (unpaired) electrons. The minimum atomic E-state index is -0.182. The summed E-state index contributed by atoms with van der Waals surface area (Å²) in [4.78, 5) is 11.9. The molecule has 1 amide bonds. The van der Waals surface area contributed by atoms with Crippen LogP contribution in [0.25, 0.3) is 0 Å². The minimum absolute atomic E-state index is 0.0698. The van der Waals surface area contributed by atoms with Crippen molar-refractivity contribution in [1.82, 2.24) is 15.0 Å². The van der Waals surface area contributed by atoms with Gasteiger partial charge < -0.3 is 10.4 Å². The number of amides is 1. The summed E-state index contributed by atoms with van der Waals surface area (Å²) in [5, 5.41) is 19.2. The number of carbonyl (C=O) groups is 1. The molecule has 1 aromatic heterocycles. The van der Waals surface area contributed by atoms with Crippen LogP contribution in [0.4, 0.5) is 5.69 Å². The molecule has 6 heteroatoms. The summed E-state index contributed by atoms with van der Waals surface area (Å²) in [5.74, 6) is -0.178. The Hall–Kier alpha value is -2.21. The monoisotopic (exact) mass is 260 g/mol. The zero-order valence-corrected chi connectivity index (χ0v) is 10.9. The lowest BCUT2D eigenvalue weighted by atomic mass is 10.1. The molecule has 0 spiro atoms. The van der Waals surface area contributed by atoms with E-state index in [0.717, 1.165) is 16.8 Å². The Morgan fingerprint density at radius 1 is 1.42 bits per heavy atom. The molecule has 19 heavy (non-hydrogen) atoms. The van der Waals surface area contributed by atoms with E-state index in [1.54, 1.807) is 6.20 Å². The summed E-state index contributed by atoms with van der Waals surface area (Å²) in [7, 11) is 0. The van der Waals surface area contributed by atoms with Gasteiger partial charge in [0.25, 0.3) is 0 Å². The van der Waals surface area contributed by atoms with Crippen LogP contribution in [0.5, 0.6) is 0 Å². The number of rotatable bonds is 4. The molecular formula is C13H16N4O2. The van der Waals surface area contributed by atoms with Gasteiger partial charge in [-0.2, -0.15) is 0 Å². The number of nitrogens with zero attached hydrogens (tertiary/aromatic N) is 3. The van der Waals surface area contributed by atoms with Crippen molar-refractivity contribution in [3.8, 4) is 0 Å². The Kier molecular flexibility index (Phi) is 3.91. The van der Waals surface area contributed by atoms with E-state index in [2.05, 4.69) is 15.6 Å². The Morgan fingerprint density at radius 2 is 2.21 bits per heavy atom. The normalized spacial score (nSPS) is 10.5. The largest absolute Gasteiger partial charge is 0.390 e. The number of aliphatic hydroxyl groups is 1. The molecule has 0 aliphatic heterocycles. The van der Waals surface area contributed by atoms with Crippen molar-refractivity contribution in [2.45, 2.75) is 27.0 Å². The van der Waals surface area contributed by atoms with Gasteiger partial charge >= 0.3 is 0 Å². The third-order valence-electron chi connectivity index (χ3n) is 2.72. The Balaban J connectivity index is 2.03. The average molecular weight is 260 g/mol. The third-order valence-corrected chi connectivity index (χ3v) is 2.72. The van der Waals surface area contributed by atoms with Gasteiger partial charge in [-0.05, 0) is 31.0 Å². The summed E-state index contributed by atoms with van der Waals surface area (Å²) in [6, 6.07) is 5.88. The third kappa shape index (κ3) is 3.38. The molecule has 0 saturated carbocycles. The quantitative estimate of drug-likeness (QED) is 0.860. The lowest BCUT2D eigenvalue weighted by Gasteiger charge is -2.09. The van der Waals surface area contributed by atoms with E-state index >= 15 is 0 Å². The number of hydrogen-bond donors (Lipinski definition) is 2. The standard InChI is InChI=1S/C13H16N4O2/c1-9-3-4-10(2)12(5-9)14-13(19)7-17-6-11(8-18)15-16-17/h3-6,18H,7-8H2,1-2H3,(H,14,19). The zero-order valence-electron chi connectivity index (χ0n) is 10.9. The fraction of sp³-hybridized carbons (Fsp3) is 0.308. The van der Waals surface area contributed by atoms with E-state index in [-0.39, 0.29) is 19.1 Å². The van der Waals surface area contributed by atoms with Crippen molar-refractivity contribution >= 4 is 11.6 Å². The number of aromatic nitrogens is 3. The highest BCUT2D eigenvalue weighted by molar-refractivity contribution is 5.91. The second-order valence-corrected chi connectivity index (χ2v) is 4.43. The predicted molar refractivity (Wildman–Crippen MR) is 70.5 cm³/mol. The van der Waals surface area contributed by atoms with Crippen LogP contribution in [-0.4, -0.2) is 26.0 Å². The van der Waals surface area contributed by atoms with Crippen LogP contribution in [0.15, 0.2) is 24.4 Å². The lowest BCUT2D eigenvalue weighted by molar-refractivity contribution is -0.116. The van der Waals surface area contributed by atoms with Crippen molar-refractivity contribution in [2.75, 3.05) is 5.32 Å². The van der Waals surface area contributed by atoms with Crippen molar-refractivity contribution < 1.29 is 9.90 Å². The van der Waals surface area contributed by atoms with Gasteiger partial charge in [-0.25, -0.2) is 4.68 Å². The Morgan fingerprint density at radius 3 is 2.89 bits per heavy atom. The fourth-order valence-corrected chi connectivity index (χ4v) is 1.70. The van der Waals surface area contributed by atoms with E-state index < -0.39 is 0 Å². The number of nitrogens with one attached hydrogen (secondary N) is 1. The number of hydrogen-bond acceptors (Lipinski definition) is 4.